The summed E-state index contributed by atoms with van der Waals surface area (Å²) in [6.45, 7) is 5.21. The van der Waals surface area contributed by atoms with E-state index in [1.807, 2.05) is 26.8 Å². The highest BCUT2D eigenvalue weighted by atomic mass is 35.5. The molecule has 0 atom stereocenters. The lowest BCUT2D eigenvalue weighted by atomic mass is 9.93. The minimum Gasteiger partial charge on any atom is -0.323 e. The summed E-state index contributed by atoms with van der Waals surface area (Å²) in [4.78, 5) is 37.5. The van der Waals surface area contributed by atoms with Crippen LogP contribution in [0.5, 0.6) is 0 Å². The molecule has 0 aromatic heterocycles. The molecule has 1 aromatic carbocycles. The van der Waals surface area contributed by atoms with E-state index in [9.17, 15) is 14.4 Å². The monoisotopic (exact) mass is 337 g/mol. The summed E-state index contributed by atoms with van der Waals surface area (Å²) < 4.78 is 0. The van der Waals surface area contributed by atoms with Crippen molar-refractivity contribution in [2.45, 2.75) is 39.2 Å². The van der Waals surface area contributed by atoms with Crippen LogP contribution in [0.15, 0.2) is 18.2 Å². The molecule has 2 rings (SSSR count). The van der Waals surface area contributed by atoms with Gasteiger partial charge in [-0.1, -0.05) is 31.5 Å². The average molecular weight is 338 g/mol. The molecule has 23 heavy (non-hydrogen) atoms. The number of aryl methyl sites for hydroxylation is 1. The Morgan fingerprint density at radius 3 is 2.48 bits per heavy atom. The average Bonchev–Trinajstić information content (AvgIpc) is 2.75. The summed E-state index contributed by atoms with van der Waals surface area (Å²) in [5.74, 6) is -0.833. The molecule has 6 nitrogen and oxygen atoms in total. The molecule has 1 aromatic rings. The third kappa shape index (κ3) is 3.32. The molecule has 7 heteroatoms. The highest BCUT2D eigenvalue weighted by molar-refractivity contribution is 6.33. The Morgan fingerprint density at radius 1 is 1.30 bits per heavy atom. The van der Waals surface area contributed by atoms with Crippen LogP contribution >= 0.6 is 11.6 Å². The van der Waals surface area contributed by atoms with Gasteiger partial charge in [-0.2, -0.15) is 0 Å². The van der Waals surface area contributed by atoms with Gasteiger partial charge in [-0.15, -0.1) is 0 Å². The van der Waals surface area contributed by atoms with E-state index in [4.69, 9.17) is 11.6 Å². The molecule has 124 valence electrons. The van der Waals surface area contributed by atoms with Gasteiger partial charge in [-0.05, 0) is 37.5 Å². The van der Waals surface area contributed by atoms with E-state index in [2.05, 4.69) is 10.6 Å². The number of anilines is 1. The van der Waals surface area contributed by atoms with E-state index in [0.29, 0.717) is 23.6 Å². The Balaban J connectivity index is 2.08. The van der Waals surface area contributed by atoms with Gasteiger partial charge in [0.05, 0.1) is 10.7 Å². The van der Waals surface area contributed by atoms with Crippen molar-refractivity contribution in [3.8, 4) is 0 Å². The number of halogens is 1. The highest BCUT2D eigenvalue weighted by Crippen LogP contribution is 2.25. The van der Waals surface area contributed by atoms with Crippen LogP contribution in [0, 0.1) is 6.92 Å². The summed E-state index contributed by atoms with van der Waals surface area (Å²) in [6, 6.07) is 4.69. The number of carbonyl (C=O) groups is 3. The molecule has 1 heterocycles. The minimum atomic E-state index is -0.904. The van der Waals surface area contributed by atoms with Crippen LogP contribution in [-0.4, -0.2) is 34.8 Å². The minimum absolute atomic E-state index is 0.337. The Bertz CT molecular complexity index is 656. The van der Waals surface area contributed by atoms with Gasteiger partial charge in [0, 0.05) is 0 Å². The number of nitrogens with one attached hydrogen (secondary N) is 2. The maximum atomic E-state index is 12.4. The van der Waals surface area contributed by atoms with Gasteiger partial charge < -0.3 is 10.6 Å². The van der Waals surface area contributed by atoms with Crippen LogP contribution in [0.3, 0.4) is 0 Å². The topological polar surface area (TPSA) is 78.5 Å². The molecule has 0 bridgehead atoms. The molecule has 0 aliphatic carbocycles. The van der Waals surface area contributed by atoms with Crippen LogP contribution < -0.4 is 10.6 Å². The molecule has 1 aliphatic rings. The number of amides is 4. The first kappa shape index (κ1) is 17.3. The van der Waals surface area contributed by atoms with Crippen molar-refractivity contribution in [2.75, 3.05) is 11.9 Å². The van der Waals surface area contributed by atoms with Gasteiger partial charge in [0.25, 0.3) is 5.91 Å². The standard InChI is InChI=1S/C16H20ClN3O3/c1-4-16(5-2)14(22)20(15(23)19-16)9-13(21)18-12-7-6-10(3)8-11(12)17/h6-8H,4-5,9H2,1-3H3,(H,18,21)(H,19,23). The lowest BCUT2D eigenvalue weighted by Crippen LogP contribution is -2.46. The number of hydrogen-bond acceptors (Lipinski definition) is 3. The molecule has 0 radical (unpaired) electrons. The third-order valence-electron chi connectivity index (χ3n) is 4.15. The second kappa shape index (κ2) is 6.58. The third-order valence-corrected chi connectivity index (χ3v) is 4.47. The number of nitrogens with zero attached hydrogens (tertiary/aromatic N) is 1. The Labute approximate surface area is 140 Å². The molecule has 0 spiro atoms. The number of imide groups is 1. The molecular formula is C16H20ClN3O3. The second-order valence-electron chi connectivity index (χ2n) is 5.64. The molecule has 1 fully saturated rings. The van der Waals surface area contributed by atoms with Crippen LogP contribution in [0.1, 0.15) is 32.3 Å². The van der Waals surface area contributed by atoms with E-state index in [1.165, 1.54) is 0 Å². The Morgan fingerprint density at radius 2 is 1.96 bits per heavy atom. The lowest BCUT2D eigenvalue weighted by Gasteiger charge is -2.23. The van der Waals surface area contributed by atoms with Crippen molar-refractivity contribution in [1.29, 1.82) is 0 Å². The largest absolute Gasteiger partial charge is 0.325 e. The predicted molar refractivity (Wildman–Crippen MR) is 88.4 cm³/mol. The molecule has 0 saturated carbocycles. The Hall–Kier alpha value is -2.08. The first-order chi connectivity index (χ1) is 10.8. The maximum absolute atomic E-state index is 12.4. The van der Waals surface area contributed by atoms with Gasteiger partial charge in [0.1, 0.15) is 12.1 Å². The van der Waals surface area contributed by atoms with Crippen molar-refractivity contribution >= 4 is 35.1 Å². The zero-order valence-electron chi connectivity index (χ0n) is 13.4. The second-order valence-corrected chi connectivity index (χ2v) is 6.05. The van der Waals surface area contributed by atoms with E-state index in [0.717, 1.165) is 10.5 Å². The fraction of sp³-hybridized carbons (Fsp3) is 0.438. The van der Waals surface area contributed by atoms with Gasteiger partial charge in [-0.3, -0.25) is 14.5 Å². The molecular weight excluding hydrogens is 318 g/mol. The van der Waals surface area contributed by atoms with Crippen molar-refractivity contribution < 1.29 is 14.4 Å². The van der Waals surface area contributed by atoms with Crippen LogP contribution in [0.25, 0.3) is 0 Å². The Kier molecular flexibility index (Phi) is 4.94. The van der Waals surface area contributed by atoms with Crippen LogP contribution in [0.2, 0.25) is 5.02 Å². The molecule has 1 aliphatic heterocycles. The normalized spacial score (nSPS) is 16.4. The molecule has 0 unspecified atom stereocenters. The van der Waals surface area contributed by atoms with E-state index >= 15 is 0 Å². The summed E-state index contributed by atoms with van der Waals surface area (Å²) in [5.41, 5.74) is 0.517. The van der Waals surface area contributed by atoms with Crippen molar-refractivity contribution in [3.63, 3.8) is 0 Å². The van der Waals surface area contributed by atoms with Crippen LogP contribution in [-0.2, 0) is 9.59 Å². The number of rotatable bonds is 5. The zero-order chi connectivity index (χ0) is 17.2. The predicted octanol–water partition coefficient (Wildman–Crippen LogP) is 2.70. The van der Waals surface area contributed by atoms with Crippen molar-refractivity contribution in [1.82, 2.24) is 10.2 Å². The van der Waals surface area contributed by atoms with Gasteiger partial charge in [0.15, 0.2) is 0 Å². The SMILES string of the molecule is CCC1(CC)NC(=O)N(CC(=O)Nc2ccc(C)cc2Cl)C1=O. The van der Waals surface area contributed by atoms with Gasteiger partial charge in [-0.25, -0.2) is 4.79 Å². The number of urea groups is 1. The van der Waals surface area contributed by atoms with E-state index in [-0.39, 0.29) is 12.5 Å². The van der Waals surface area contributed by atoms with Gasteiger partial charge >= 0.3 is 6.03 Å². The van der Waals surface area contributed by atoms with Gasteiger partial charge in [0.2, 0.25) is 5.91 Å². The zero-order valence-corrected chi connectivity index (χ0v) is 14.2. The van der Waals surface area contributed by atoms with Crippen molar-refractivity contribution in [2.24, 2.45) is 0 Å². The van der Waals surface area contributed by atoms with E-state index < -0.39 is 17.5 Å². The quantitative estimate of drug-likeness (QED) is 0.811. The highest BCUT2D eigenvalue weighted by Gasteiger charge is 2.49. The number of carbonyl (C=O) groups excluding carboxylic acids is 3. The fourth-order valence-corrected chi connectivity index (χ4v) is 2.89. The fourth-order valence-electron chi connectivity index (χ4n) is 2.60. The first-order valence-corrected chi connectivity index (χ1v) is 7.91. The smallest absolute Gasteiger partial charge is 0.323 e. The summed E-state index contributed by atoms with van der Waals surface area (Å²) in [7, 11) is 0. The molecule has 2 N–H and O–H groups in total. The number of benzene rings is 1. The summed E-state index contributed by atoms with van der Waals surface area (Å²) in [5, 5.41) is 5.72. The lowest BCUT2D eigenvalue weighted by molar-refractivity contribution is -0.134. The molecule has 1 saturated heterocycles. The van der Waals surface area contributed by atoms with E-state index in [1.54, 1.807) is 12.1 Å². The van der Waals surface area contributed by atoms with Crippen molar-refractivity contribution in [3.05, 3.63) is 28.8 Å². The number of hydrogen-bond donors (Lipinski definition) is 2. The summed E-state index contributed by atoms with van der Waals surface area (Å²) in [6.07, 6.45) is 0.964. The van der Waals surface area contributed by atoms with Crippen LogP contribution in [0.4, 0.5) is 10.5 Å². The molecule has 4 amide bonds. The summed E-state index contributed by atoms with van der Waals surface area (Å²) >= 11 is 6.06. The maximum Gasteiger partial charge on any atom is 0.325 e. The first-order valence-electron chi connectivity index (χ1n) is 7.53.